The molecule has 1 aliphatic heterocycles. The van der Waals surface area contributed by atoms with Gasteiger partial charge in [-0.2, -0.15) is 0 Å². The Balaban J connectivity index is 1.60. The second-order valence-corrected chi connectivity index (χ2v) is 6.04. The van der Waals surface area contributed by atoms with Gasteiger partial charge in [0.15, 0.2) is 0 Å². The van der Waals surface area contributed by atoms with Gasteiger partial charge in [0, 0.05) is 48.9 Å². The lowest BCUT2D eigenvalue weighted by atomic mass is 10.1. The number of nitrogens with zero attached hydrogens (tertiary/aromatic N) is 2. The zero-order chi connectivity index (χ0) is 16.2. The standard InChI is InChI=1S/C18H18ClFN2O/c19-16-7-4-8-17(20)15(16)13-21-9-11-22(12-10-21)18(23)14-5-2-1-3-6-14/h1-8H,9-13H2. The lowest BCUT2D eigenvalue weighted by Gasteiger charge is -2.35. The average Bonchev–Trinajstić information content (AvgIpc) is 2.59. The average molecular weight is 333 g/mol. The van der Waals surface area contributed by atoms with E-state index >= 15 is 0 Å². The summed E-state index contributed by atoms with van der Waals surface area (Å²) in [7, 11) is 0. The summed E-state index contributed by atoms with van der Waals surface area (Å²) >= 11 is 6.08. The molecule has 1 fully saturated rings. The molecule has 0 spiro atoms. The van der Waals surface area contributed by atoms with Crippen molar-refractivity contribution < 1.29 is 9.18 Å². The lowest BCUT2D eigenvalue weighted by molar-refractivity contribution is 0.0627. The number of hydrogen-bond acceptors (Lipinski definition) is 2. The maximum Gasteiger partial charge on any atom is 0.253 e. The summed E-state index contributed by atoms with van der Waals surface area (Å²) in [6, 6.07) is 14.0. The van der Waals surface area contributed by atoms with Crippen LogP contribution in [0.2, 0.25) is 5.02 Å². The minimum Gasteiger partial charge on any atom is -0.336 e. The molecule has 0 radical (unpaired) electrons. The van der Waals surface area contributed by atoms with Gasteiger partial charge in [-0.1, -0.05) is 35.9 Å². The molecule has 1 heterocycles. The molecule has 1 saturated heterocycles. The number of carbonyl (C=O) groups is 1. The minimum atomic E-state index is -0.278. The normalized spacial score (nSPS) is 15.7. The summed E-state index contributed by atoms with van der Waals surface area (Å²) in [5.41, 5.74) is 1.23. The third kappa shape index (κ3) is 3.71. The Morgan fingerprint density at radius 3 is 2.35 bits per heavy atom. The van der Waals surface area contributed by atoms with Crippen LogP contribution in [0.4, 0.5) is 4.39 Å². The number of amides is 1. The van der Waals surface area contributed by atoms with E-state index in [1.54, 1.807) is 12.1 Å². The number of hydrogen-bond donors (Lipinski definition) is 0. The van der Waals surface area contributed by atoms with Crippen LogP contribution < -0.4 is 0 Å². The predicted molar refractivity (Wildman–Crippen MR) is 89.0 cm³/mol. The number of benzene rings is 2. The van der Waals surface area contributed by atoms with E-state index in [0.717, 1.165) is 0 Å². The molecule has 0 atom stereocenters. The van der Waals surface area contributed by atoms with Crippen LogP contribution in [0.25, 0.3) is 0 Å². The van der Waals surface area contributed by atoms with Gasteiger partial charge >= 0.3 is 0 Å². The number of piperazine rings is 1. The molecule has 0 bridgehead atoms. The van der Waals surface area contributed by atoms with E-state index < -0.39 is 0 Å². The Kier molecular flexibility index (Phi) is 4.94. The van der Waals surface area contributed by atoms with Gasteiger partial charge in [0.05, 0.1) is 0 Å². The third-order valence-electron chi connectivity index (χ3n) is 4.12. The molecular weight excluding hydrogens is 315 g/mol. The fourth-order valence-electron chi connectivity index (χ4n) is 2.78. The summed E-state index contributed by atoms with van der Waals surface area (Å²) in [6.45, 7) is 3.17. The summed E-state index contributed by atoms with van der Waals surface area (Å²) < 4.78 is 13.9. The topological polar surface area (TPSA) is 23.6 Å². The molecule has 2 aromatic carbocycles. The lowest BCUT2D eigenvalue weighted by Crippen LogP contribution is -2.48. The second kappa shape index (κ2) is 7.11. The molecular formula is C18H18ClFN2O. The fourth-order valence-corrected chi connectivity index (χ4v) is 3.00. The highest BCUT2D eigenvalue weighted by Gasteiger charge is 2.23. The van der Waals surface area contributed by atoms with Gasteiger partial charge in [0.25, 0.3) is 5.91 Å². The molecule has 1 aliphatic rings. The second-order valence-electron chi connectivity index (χ2n) is 5.63. The highest BCUT2D eigenvalue weighted by molar-refractivity contribution is 6.31. The number of halogens is 2. The van der Waals surface area contributed by atoms with Crippen LogP contribution in [0.1, 0.15) is 15.9 Å². The molecule has 0 aromatic heterocycles. The SMILES string of the molecule is O=C(c1ccccc1)N1CCN(Cc2c(F)cccc2Cl)CC1. The van der Waals surface area contributed by atoms with E-state index in [4.69, 9.17) is 11.6 Å². The Morgan fingerprint density at radius 2 is 1.70 bits per heavy atom. The molecule has 0 aliphatic carbocycles. The first-order valence-electron chi connectivity index (χ1n) is 7.65. The summed E-state index contributed by atoms with van der Waals surface area (Å²) in [6.07, 6.45) is 0. The van der Waals surface area contributed by atoms with Crippen LogP contribution >= 0.6 is 11.6 Å². The molecule has 0 N–H and O–H groups in total. The monoisotopic (exact) mass is 332 g/mol. The molecule has 5 heteroatoms. The van der Waals surface area contributed by atoms with Gasteiger partial charge in [0.2, 0.25) is 0 Å². The molecule has 3 nitrogen and oxygen atoms in total. The van der Waals surface area contributed by atoms with E-state index in [1.807, 2.05) is 35.2 Å². The molecule has 120 valence electrons. The van der Waals surface area contributed by atoms with E-state index in [1.165, 1.54) is 6.07 Å². The molecule has 1 amide bonds. The number of carbonyl (C=O) groups excluding carboxylic acids is 1. The van der Waals surface area contributed by atoms with E-state index in [2.05, 4.69) is 4.90 Å². The van der Waals surface area contributed by atoms with Crippen molar-refractivity contribution in [3.63, 3.8) is 0 Å². The van der Waals surface area contributed by atoms with Gasteiger partial charge in [-0.05, 0) is 24.3 Å². The molecule has 0 saturated carbocycles. The van der Waals surface area contributed by atoms with Crippen LogP contribution in [0.5, 0.6) is 0 Å². The van der Waals surface area contributed by atoms with E-state index in [9.17, 15) is 9.18 Å². The Bertz CT molecular complexity index is 664. The van der Waals surface area contributed by atoms with Crippen molar-refractivity contribution >= 4 is 17.5 Å². The van der Waals surface area contributed by atoms with Crippen LogP contribution in [0, 0.1) is 5.82 Å². The first kappa shape index (κ1) is 16.0. The molecule has 0 unspecified atom stereocenters. The first-order chi connectivity index (χ1) is 11.1. The highest BCUT2D eigenvalue weighted by atomic mass is 35.5. The molecule has 23 heavy (non-hydrogen) atoms. The Hall–Kier alpha value is -1.91. The first-order valence-corrected chi connectivity index (χ1v) is 8.02. The summed E-state index contributed by atoms with van der Waals surface area (Å²) in [5, 5.41) is 0.452. The van der Waals surface area contributed by atoms with Crippen molar-refractivity contribution in [3.8, 4) is 0 Å². The van der Waals surface area contributed by atoms with Crippen molar-refractivity contribution in [1.29, 1.82) is 0 Å². The molecule has 3 rings (SSSR count). The predicted octanol–water partition coefficient (Wildman–Crippen LogP) is 3.44. The highest BCUT2D eigenvalue weighted by Crippen LogP contribution is 2.21. The van der Waals surface area contributed by atoms with Crippen LogP contribution in [-0.2, 0) is 6.54 Å². The van der Waals surface area contributed by atoms with Crippen molar-refractivity contribution in [1.82, 2.24) is 9.80 Å². The Morgan fingerprint density at radius 1 is 1.00 bits per heavy atom. The van der Waals surface area contributed by atoms with Crippen LogP contribution in [-0.4, -0.2) is 41.9 Å². The Labute approximate surface area is 140 Å². The zero-order valence-corrected chi connectivity index (χ0v) is 13.5. The van der Waals surface area contributed by atoms with Crippen molar-refractivity contribution in [2.75, 3.05) is 26.2 Å². The zero-order valence-electron chi connectivity index (χ0n) is 12.7. The van der Waals surface area contributed by atoms with Gasteiger partial charge in [0.1, 0.15) is 5.82 Å². The third-order valence-corrected chi connectivity index (χ3v) is 4.48. The van der Waals surface area contributed by atoms with E-state index in [0.29, 0.717) is 48.9 Å². The number of rotatable bonds is 3. The van der Waals surface area contributed by atoms with E-state index in [-0.39, 0.29) is 11.7 Å². The smallest absolute Gasteiger partial charge is 0.253 e. The quantitative estimate of drug-likeness (QED) is 0.859. The van der Waals surface area contributed by atoms with Gasteiger partial charge in [-0.15, -0.1) is 0 Å². The fraction of sp³-hybridized carbons (Fsp3) is 0.278. The molecule has 2 aromatic rings. The van der Waals surface area contributed by atoms with Gasteiger partial charge < -0.3 is 4.90 Å². The van der Waals surface area contributed by atoms with Crippen molar-refractivity contribution in [2.24, 2.45) is 0 Å². The van der Waals surface area contributed by atoms with Crippen molar-refractivity contribution in [2.45, 2.75) is 6.54 Å². The van der Waals surface area contributed by atoms with Crippen LogP contribution in [0.3, 0.4) is 0 Å². The maximum absolute atomic E-state index is 13.9. The summed E-state index contributed by atoms with van der Waals surface area (Å²) in [4.78, 5) is 16.4. The minimum absolute atomic E-state index is 0.0502. The maximum atomic E-state index is 13.9. The summed E-state index contributed by atoms with van der Waals surface area (Å²) in [5.74, 6) is -0.227. The van der Waals surface area contributed by atoms with Crippen LogP contribution in [0.15, 0.2) is 48.5 Å². The largest absolute Gasteiger partial charge is 0.336 e. The van der Waals surface area contributed by atoms with Crippen molar-refractivity contribution in [3.05, 3.63) is 70.5 Å². The van der Waals surface area contributed by atoms with Gasteiger partial charge in [-0.25, -0.2) is 4.39 Å². The van der Waals surface area contributed by atoms with Gasteiger partial charge in [-0.3, -0.25) is 9.69 Å².